The summed E-state index contributed by atoms with van der Waals surface area (Å²) >= 11 is 0. The Morgan fingerprint density at radius 1 is 0.500 bits per heavy atom. The third-order valence-corrected chi connectivity index (χ3v) is 0. The van der Waals surface area contributed by atoms with Gasteiger partial charge < -0.3 is 0 Å². The molecule has 0 unspecified atom stereocenters. The summed E-state index contributed by atoms with van der Waals surface area (Å²) in [6.45, 7) is 0. The molecule has 0 saturated carbocycles. The summed E-state index contributed by atoms with van der Waals surface area (Å²) in [6, 6.07) is 0. The molecule has 0 aromatic carbocycles. The number of nitrogens with zero attached hydrogens (tertiary/aromatic N) is 1. The zero-order valence-corrected chi connectivity index (χ0v) is 8.88. The quantitative estimate of drug-likeness (QED) is 0.265. The highest BCUT2D eigenvalue weighted by molar-refractivity contribution is 5.86. The molecule has 0 aromatic heterocycles. The Labute approximate surface area is 90.3 Å². The average molecular weight is 260 g/mol. The first-order valence-electron chi connectivity index (χ1n) is 1.03. The van der Waals surface area contributed by atoms with E-state index < -0.39 is 4.92 Å². The predicted octanol–water partition coefficient (Wildman–Crippen LogP) is -0.593. The minimum absolute atomic E-state index is 0. The van der Waals surface area contributed by atoms with Gasteiger partial charge in [-0.15, -0.1) is 85.4 Å². The van der Waals surface area contributed by atoms with Crippen molar-refractivity contribution in [2.75, 3.05) is 0 Å². The summed E-state index contributed by atoms with van der Waals surface area (Å²) in [4.78, 5) is -1.00. The molecular formula is H13Cl5N5+. The van der Waals surface area contributed by atoms with Gasteiger partial charge in [-0.2, -0.15) is 0 Å². The van der Waals surface area contributed by atoms with Gasteiger partial charge >= 0.3 is 0 Å². The molecule has 10 heavy (non-hydrogen) atoms. The number of hydrogen-bond donors (Lipinski definition) is 4. The Balaban J connectivity index is -0.00000000800. The van der Waals surface area contributed by atoms with Gasteiger partial charge in [0.05, 0.1) is 0 Å². The lowest BCUT2D eigenvalue weighted by molar-refractivity contribution is -0.974. The second-order valence-corrected chi connectivity index (χ2v) is 0.894. The molecule has 0 radical (unpaired) electrons. The fourth-order valence-corrected chi connectivity index (χ4v) is 0. The van der Waals surface area contributed by atoms with E-state index in [1.165, 1.54) is 0 Å². The molecule has 0 saturated heterocycles. The minimum atomic E-state index is -1.00. The number of halogens is 5. The summed E-state index contributed by atoms with van der Waals surface area (Å²) < 4.78 is 0. The summed E-state index contributed by atoms with van der Waals surface area (Å²) in [6.07, 6.45) is 0. The van der Waals surface area contributed by atoms with E-state index >= 15 is 0 Å². The van der Waals surface area contributed by atoms with E-state index in [1.807, 2.05) is 0 Å². The minimum Gasteiger partial charge on any atom is -0.147 e. The Morgan fingerprint density at radius 3 is 0.500 bits per heavy atom. The molecule has 0 spiro atoms. The Morgan fingerprint density at radius 2 is 0.500 bits per heavy atom. The van der Waals surface area contributed by atoms with Crippen LogP contribution in [0.1, 0.15) is 0 Å². The van der Waals surface area contributed by atoms with Crippen LogP contribution < -0.4 is 23.4 Å². The van der Waals surface area contributed by atoms with Crippen molar-refractivity contribution in [1.29, 1.82) is 0 Å². The molecule has 0 fully saturated rings. The first-order chi connectivity index (χ1) is 2.00. The van der Waals surface area contributed by atoms with E-state index in [2.05, 4.69) is 23.4 Å². The SMILES string of the molecule is Cl.Cl.Cl.Cl.Cl.N[N+](N)(N)N. The van der Waals surface area contributed by atoms with Gasteiger partial charge in [-0.3, -0.25) is 0 Å². The number of hydrogen-bond acceptors (Lipinski definition) is 4. The lowest BCUT2D eigenvalue weighted by atomic mass is 12.0. The van der Waals surface area contributed by atoms with Gasteiger partial charge in [0.25, 0.3) is 0 Å². The van der Waals surface area contributed by atoms with Crippen molar-refractivity contribution in [2.45, 2.75) is 0 Å². The van der Waals surface area contributed by atoms with Crippen molar-refractivity contribution in [3.8, 4) is 0 Å². The van der Waals surface area contributed by atoms with E-state index in [0.717, 1.165) is 0 Å². The standard InChI is InChI=1S/5ClH.H8N5/c;;;;;1-5(2,3)4/h5*1H;1-4H2/q;;;;;+1. The maximum Gasteiger partial charge on any atom is -0.0335 e. The van der Waals surface area contributed by atoms with Crippen LogP contribution in [-0.2, 0) is 0 Å². The molecule has 0 rings (SSSR count). The summed E-state index contributed by atoms with van der Waals surface area (Å²) in [7, 11) is 0. The zero-order valence-electron chi connectivity index (χ0n) is 4.80. The van der Waals surface area contributed by atoms with Crippen molar-refractivity contribution in [1.82, 2.24) is 0 Å². The highest BCUT2D eigenvalue weighted by Crippen LogP contribution is 1.35. The van der Waals surface area contributed by atoms with Crippen LogP contribution in [0.4, 0.5) is 0 Å². The zero-order chi connectivity index (χ0) is 4.50. The first kappa shape index (κ1) is 42.9. The molecule has 0 amide bonds. The predicted molar refractivity (Wildman–Crippen MR) is 53.2 cm³/mol. The van der Waals surface area contributed by atoms with Gasteiger partial charge in [-0.05, 0) is 4.92 Å². The van der Waals surface area contributed by atoms with Crippen molar-refractivity contribution >= 4 is 62.0 Å². The van der Waals surface area contributed by atoms with Crippen molar-refractivity contribution in [2.24, 2.45) is 23.4 Å². The lowest BCUT2D eigenvalue weighted by Crippen LogP contribution is -2.71. The summed E-state index contributed by atoms with van der Waals surface area (Å²) in [5, 5.41) is 0. The van der Waals surface area contributed by atoms with Gasteiger partial charge in [0.1, 0.15) is 0 Å². The van der Waals surface area contributed by atoms with E-state index in [1.54, 1.807) is 0 Å². The molecule has 0 aliphatic rings. The fourth-order valence-electron chi connectivity index (χ4n) is 0. The molecule has 72 valence electrons. The van der Waals surface area contributed by atoms with Crippen LogP contribution in [0, 0.1) is 0 Å². The van der Waals surface area contributed by atoms with Crippen LogP contribution in [-0.4, -0.2) is 4.92 Å². The molecule has 8 N–H and O–H groups in total. The van der Waals surface area contributed by atoms with Gasteiger partial charge in [0, 0.05) is 0 Å². The molecule has 10 heteroatoms. The van der Waals surface area contributed by atoms with Gasteiger partial charge in [0.2, 0.25) is 0 Å². The Kier molecular flexibility index (Phi) is 71.6. The van der Waals surface area contributed by atoms with E-state index in [4.69, 9.17) is 0 Å². The van der Waals surface area contributed by atoms with Crippen molar-refractivity contribution < 1.29 is 4.92 Å². The van der Waals surface area contributed by atoms with Gasteiger partial charge in [-0.1, -0.05) is 0 Å². The van der Waals surface area contributed by atoms with Gasteiger partial charge in [0.15, 0.2) is 0 Å². The number of quaternary nitrogens is 1. The van der Waals surface area contributed by atoms with E-state index in [9.17, 15) is 0 Å². The van der Waals surface area contributed by atoms with Crippen LogP contribution in [0.25, 0.3) is 0 Å². The molecule has 0 atom stereocenters. The smallest absolute Gasteiger partial charge is 0.0335 e. The normalized spacial score (nSPS) is 6.00. The molecule has 0 aromatic rings. The topological polar surface area (TPSA) is 104 Å². The first-order valence-corrected chi connectivity index (χ1v) is 1.03. The Hall–Kier alpha value is 1.25. The van der Waals surface area contributed by atoms with Crippen LogP contribution >= 0.6 is 62.0 Å². The van der Waals surface area contributed by atoms with E-state index in [-0.39, 0.29) is 62.0 Å². The number of rotatable bonds is 0. The van der Waals surface area contributed by atoms with Crippen LogP contribution in [0.5, 0.6) is 0 Å². The fraction of sp³-hybridized carbons (Fsp3) is 0. The lowest BCUT2D eigenvalue weighted by Gasteiger charge is -2.08. The second-order valence-electron chi connectivity index (χ2n) is 0.894. The molecular weight excluding hydrogens is 247 g/mol. The molecule has 5 nitrogen and oxygen atoms in total. The van der Waals surface area contributed by atoms with E-state index in [0.29, 0.717) is 0 Å². The van der Waals surface area contributed by atoms with Crippen LogP contribution in [0.2, 0.25) is 0 Å². The van der Waals surface area contributed by atoms with Crippen LogP contribution in [0.3, 0.4) is 0 Å². The largest absolute Gasteiger partial charge is 0.147 e. The molecule has 0 bridgehead atoms. The molecule has 0 heterocycles. The van der Waals surface area contributed by atoms with Crippen molar-refractivity contribution in [3.63, 3.8) is 0 Å². The maximum absolute atomic E-state index is 4.62. The molecule has 0 aliphatic carbocycles. The summed E-state index contributed by atoms with van der Waals surface area (Å²) in [5.41, 5.74) is 0. The summed E-state index contributed by atoms with van der Waals surface area (Å²) in [5.74, 6) is 18.5. The average Bonchev–Trinajstić information content (AvgIpc) is 0.722. The van der Waals surface area contributed by atoms with Crippen LogP contribution in [0.15, 0.2) is 0 Å². The highest BCUT2D eigenvalue weighted by atomic mass is 35.5. The van der Waals surface area contributed by atoms with Gasteiger partial charge in [-0.25, -0.2) is 0 Å². The second kappa shape index (κ2) is 16.7. The number of nitrogens with two attached hydrogens (primary N) is 4. The maximum atomic E-state index is 4.62. The third kappa shape index (κ3) is 403. The molecule has 0 aliphatic heterocycles. The van der Waals surface area contributed by atoms with Crippen molar-refractivity contribution in [3.05, 3.63) is 0 Å². The third-order valence-electron chi connectivity index (χ3n) is 0. The Bertz CT molecular complexity index is 25.5. The monoisotopic (exact) mass is 258 g/mol. The highest BCUT2D eigenvalue weighted by Gasteiger charge is 1.92.